The van der Waals surface area contributed by atoms with Gasteiger partial charge in [-0.2, -0.15) is 0 Å². The van der Waals surface area contributed by atoms with Crippen LogP contribution in [0.2, 0.25) is 0 Å². The van der Waals surface area contributed by atoms with Gasteiger partial charge in [-0.3, -0.25) is 9.59 Å². The largest absolute Gasteiger partial charge is 0.481 e. The van der Waals surface area contributed by atoms with Crippen LogP contribution in [0, 0.1) is 5.92 Å². The zero-order valence-corrected chi connectivity index (χ0v) is 13.0. The maximum atomic E-state index is 12.0. The Morgan fingerprint density at radius 3 is 2.32 bits per heavy atom. The van der Waals surface area contributed by atoms with E-state index in [0.717, 1.165) is 5.56 Å². The highest BCUT2D eigenvalue weighted by molar-refractivity contribution is 5.89. The molecule has 6 nitrogen and oxygen atoms in total. The molecule has 0 aliphatic carbocycles. The molecule has 0 heterocycles. The number of carboxylic acid groups (broad SMARTS) is 1. The number of nitrogens with zero attached hydrogens (tertiary/aromatic N) is 1. The van der Waals surface area contributed by atoms with E-state index in [1.807, 2.05) is 0 Å². The Labute approximate surface area is 129 Å². The lowest BCUT2D eigenvalue weighted by molar-refractivity contribution is -0.142. The van der Waals surface area contributed by atoms with E-state index in [1.54, 1.807) is 38.2 Å². The summed E-state index contributed by atoms with van der Waals surface area (Å²) in [5, 5.41) is 8.84. The fourth-order valence-electron chi connectivity index (χ4n) is 1.96. The van der Waals surface area contributed by atoms with Gasteiger partial charge in [-0.25, -0.2) is 4.79 Å². The number of rotatable bonds is 7. The fraction of sp³-hybridized carbons (Fsp3) is 0.438. The van der Waals surface area contributed by atoms with Crippen molar-refractivity contribution in [1.29, 1.82) is 0 Å². The van der Waals surface area contributed by atoms with Crippen molar-refractivity contribution >= 4 is 17.8 Å². The number of aryl methyl sites for hydroxylation is 1. The Kier molecular flexibility index (Phi) is 6.56. The number of carboxylic acids is 1. The summed E-state index contributed by atoms with van der Waals surface area (Å²) < 4.78 is 4.61. The Morgan fingerprint density at radius 2 is 1.82 bits per heavy atom. The highest BCUT2D eigenvalue weighted by Crippen LogP contribution is 2.09. The first kappa shape index (κ1) is 17.7. The van der Waals surface area contributed by atoms with Crippen LogP contribution in [0.1, 0.15) is 29.3 Å². The van der Waals surface area contributed by atoms with E-state index >= 15 is 0 Å². The summed E-state index contributed by atoms with van der Waals surface area (Å²) in [4.78, 5) is 35.5. The van der Waals surface area contributed by atoms with Crippen molar-refractivity contribution in [2.75, 3.05) is 20.7 Å². The lowest BCUT2D eigenvalue weighted by Crippen LogP contribution is -2.33. The minimum Gasteiger partial charge on any atom is -0.481 e. The molecule has 0 bridgehead atoms. The van der Waals surface area contributed by atoms with Crippen molar-refractivity contribution < 1.29 is 24.2 Å². The van der Waals surface area contributed by atoms with Gasteiger partial charge < -0.3 is 14.7 Å². The Bertz CT molecular complexity index is 538. The number of amides is 1. The van der Waals surface area contributed by atoms with Crippen LogP contribution in [0.4, 0.5) is 0 Å². The van der Waals surface area contributed by atoms with Gasteiger partial charge in [-0.1, -0.05) is 19.1 Å². The highest BCUT2D eigenvalue weighted by atomic mass is 16.5. The first-order chi connectivity index (χ1) is 10.3. The maximum absolute atomic E-state index is 12.0. The van der Waals surface area contributed by atoms with Gasteiger partial charge in [0.1, 0.15) is 0 Å². The zero-order valence-electron chi connectivity index (χ0n) is 13.0. The Balaban J connectivity index is 2.50. The molecule has 6 heteroatoms. The minimum atomic E-state index is -0.918. The van der Waals surface area contributed by atoms with Crippen molar-refractivity contribution in [3.8, 4) is 0 Å². The van der Waals surface area contributed by atoms with Gasteiger partial charge in [-0.15, -0.1) is 0 Å². The van der Waals surface area contributed by atoms with Crippen molar-refractivity contribution in [3.63, 3.8) is 0 Å². The van der Waals surface area contributed by atoms with Gasteiger partial charge in [0.25, 0.3) is 0 Å². The number of hydrogen-bond donors (Lipinski definition) is 1. The summed E-state index contributed by atoms with van der Waals surface area (Å²) in [6.45, 7) is 1.76. The SMILES string of the molecule is COC(=O)c1ccc(CCC(=O)N(C)CC(C)C(=O)O)cc1. The number of ether oxygens (including phenoxy) is 1. The van der Waals surface area contributed by atoms with Gasteiger partial charge in [0.05, 0.1) is 18.6 Å². The molecule has 0 saturated carbocycles. The van der Waals surface area contributed by atoms with Crippen molar-refractivity contribution in [1.82, 2.24) is 4.90 Å². The second-order valence-corrected chi connectivity index (χ2v) is 5.20. The molecule has 1 aromatic carbocycles. The van der Waals surface area contributed by atoms with E-state index in [1.165, 1.54) is 12.0 Å². The summed E-state index contributed by atoms with van der Waals surface area (Å²) in [5.74, 6) is -2.01. The quantitative estimate of drug-likeness (QED) is 0.773. The number of methoxy groups -OCH3 is 1. The average Bonchev–Trinajstić information content (AvgIpc) is 2.51. The topological polar surface area (TPSA) is 83.9 Å². The van der Waals surface area contributed by atoms with E-state index in [0.29, 0.717) is 18.4 Å². The number of aliphatic carboxylic acids is 1. The summed E-state index contributed by atoms with van der Waals surface area (Å²) in [5.41, 5.74) is 1.39. The molecule has 0 aliphatic heterocycles. The highest BCUT2D eigenvalue weighted by Gasteiger charge is 2.17. The molecule has 0 fully saturated rings. The average molecular weight is 307 g/mol. The third kappa shape index (κ3) is 5.20. The molecule has 0 aliphatic rings. The molecule has 22 heavy (non-hydrogen) atoms. The molecule has 1 unspecified atom stereocenters. The second-order valence-electron chi connectivity index (χ2n) is 5.20. The molecule has 1 N–H and O–H groups in total. The van der Waals surface area contributed by atoms with E-state index < -0.39 is 17.9 Å². The maximum Gasteiger partial charge on any atom is 0.337 e. The van der Waals surface area contributed by atoms with E-state index in [-0.39, 0.29) is 12.5 Å². The fourth-order valence-corrected chi connectivity index (χ4v) is 1.96. The second kappa shape index (κ2) is 8.17. The smallest absolute Gasteiger partial charge is 0.337 e. The van der Waals surface area contributed by atoms with Crippen LogP contribution in [0.25, 0.3) is 0 Å². The van der Waals surface area contributed by atoms with E-state index in [9.17, 15) is 14.4 Å². The van der Waals surface area contributed by atoms with E-state index in [4.69, 9.17) is 5.11 Å². The molecule has 0 spiro atoms. The number of benzene rings is 1. The predicted molar refractivity (Wildman–Crippen MR) is 80.5 cm³/mol. The van der Waals surface area contributed by atoms with Crippen LogP contribution in [-0.2, 0) is 20.7 Å². The molecule has 1 aromatic rings. The molecule has 0 saturated heterocycles. The number of esters is 1. The zero-order chi connectivity index (χ0) is 16.7. The first-order valence-corrected chi connectivity index (χ1v) is 6.99. The van der Waals surface area contributed by atoms with Crippen LogP contribution in [0.5, 0.6) is 0 Å². The van der Waals surface area contributed by atoms with Crippen LogP contribution in [0.3, 0.4) is 0 Å². The normalized spacial score (nSPS) is 11.6. The monoisotopic (exact) mass is 307 g/mol. The van der Waals surface area contributed by atoms with Crippen LogP contribution in [0.15, 0.2) is 24.3 Å². The molecular weight excluding hydrogens is 286 g/mol. The van der Waals surface area contributed by atoms with Gasteiger partial charge >= 0.3 is 11.9 Å². The van der Waals surface area contributed by atoms with Crippen molar-refractivity contribution in [2.45, 2.75) is 19.8 Å². The summed E-state index contributed by atoms with van der Waals surface area (Å²) >= 11 is 0. The third-order valence-corrected chi connectivity index (χ3v) is 3.40. The van der Waals surface area contributed by atoms with Crippen LogP contribution in [-0.4, -0.2) is 48.6 Å². The Morgan fingerprint density at radius 1 is 1.23 bits per heavy atom. The van der Waals surface area contributed by atoms with Crippen molar-refractivity contribution in [3.05, 3.63) is 35.4 Å². The summed E-state index contributed by atoms with van der Waals surface area (Å²) in [6, 6.07) is 6.86. The molecule has 1 atom stereocenters. The minimum absolute atomic E-state index is 0.106. The van der Waals surface area contributed by atoms with Crippen molar-refractivity contribution in [2.24, 2.45) is 5.92 Å². The lowest BCUT2D eigenvalue weighted by atomic mass is 10.1. The van der Waals surface area contributed by atoms with Gasteiger partial charge in [0, 0.05) is 20.0 Å². The van der Waals surface area contributed by atoms with Gasteiger partial charge in [0.15, 0.2) is 0 Å². The molecule has 0 radical (unpaired) electrons. The van der Waals surface area contributed by atoms with Gasteiger partial charge in [-0.05, 0) is 24.1 Å². The number of carbonyl (C=O) groups excluding carboxylic acids is 2. The molecule has 120 valence electrons. The summed E-state index contributed by atoms with van der Waals surface area (Å²) in [7, 11) is 2.92. The molecule has 0 aromatic heterocycles. The lowest BCUT2D eigenvalue weighted by Gasteiger charge is -2.19. The predicted octanol–water partition coefficient (Wildman–Crippen LogP) is 1.58. The standard InChI is InChI=1S/C16H21NO5/c1-11(15(19)20)10-17(2)14(18)9-6-12-4-7-13(8-5-12)16(21)22-3/h4-5,7-8,11H,6,9-10H2,1-3H3,(H,19,20). The van der Waals surface area contributed by atoms with Crippen LogP contribution < -0.4 is 0 Å². The van der Waals surface area contributed by atoms with E-state index in [2.05, 4.69) is 4.74 Å². The van der Waals surface area contributed by atoms with Crippen LogP contribution >= 0.6 is 0 Å². The first-order valence-electron chi connectivity index (χ1n) is 6.99. The summed E-state index contributed by atoms with van der Waals surface area (Å²) in [6.07, 6.45) is 0.826. The molecule has 1 amide bonds. The number of carbonyl (C=O) groups is 3. The van der Waals surface area contributed by atoms with Gasteiger partial charge in [0.2, 0.25) is 5.91 Å². The third-order valence-electron chi connectivity index (χ3n) is 3.40. The molecular formula is C16H21NO5. The Hall–Kier alpha value is -2.37. The number of hydrogen-bond acceptors (Lipinski definition) is 4. The molecule has 1 rings (SSSR count).